The maximum atomic E-state index is 5.97. The second kappa shape index (κ2) is 9.78. The van der Waals surface area contributed by atoms with Gasteiger partial charge >= 0.3 is 0 Å². The Morgan fingerprint density at radius 1 is 1.43 bits per heavy atom. The molecule has 21 heavy (non-hydrogen) atoms. The summed E-state index contributed by atoms with van der Waals surface area (Å²) in [6.45, 7) is 6.31. The number of rotatable bonds is 5. The van der Waals surface area contributed by atoms with E-state index in [1.54, 1.807) is 6.20 Å². The van der Waals surface area contributed by atoms with Crippen LogP contribution in [0, 0.1) is 0 Å². The summed E-state index contributed by atoms with van der Waals surface area (Å²) in [7, 11) is 0. The maximum absolute atomic E-state index is 5.97. The van der Waals surface area contributed by atoms with Crippen molar-refractivity contribution in [3.05, 3.63) is 23.9 Å². The number of pyridine rings is 1. The van der Waals surface area contributed by atoms with Crippen LogP contribution in [0.2, 0.25) is 0 Å². The molecule has 118 valence electrons. The van der Waals surface area contributed by atoms with Gasteiger partial charge in [0.25, 0.3) is 0 Å². The first-order valence-electron chi connectivity index (χ1n) is 7.00. The van der Waals surface area contributed by atoms with Crippen LogP contribution in [0.25, 0.3) is 0 Å². The zero-order valence-electron chi connectivity index (χ0n) is 12.3. The SMILES string of the molecule is CCCOc1ccc(CN=C(N)N2CCOCC2)cn1.I. The van der Waals surface area contributed by atoms with E-state index < -0.39 is 0 Å². The van der Waals surface area contributed by atoms with Gasteiger partial charge in [-0.05, 0) is 12.0 Å². The minimum absolute atomic E-state index is 0. The molecule has 0 radical (unpaired) electrons. The summed E-state index contributed by atoms with van der Waals surface area (Å²) in [5.41, 5.74) is 6.99. The van der Waals surface area contributed by atoms with E-state index >= 15 is 0 Å². The number of guanidine groups is 1. The molecule has 2 rings (SSSR count). The molecule has 1 saturated heterocycles. The first-order chi connectivity index (χ1) is 9.79. The van der Waals surface area contributed by atoms with Crippen LogP contribution in [0.5, 0.6) is 5.88 Å². The first kappa shape index (κ1) is 18.0. The van der Waals surface area contributed by atoms with E-state index in [1.165, 1.54) is 0 Å². The molecule has 0 aliphatic carbocycles. The quantitative estimate of drug-likeness (QED) is 0.457. The van der Waals surface area contributed by atoms with Gasteiger partial charge in [0.1, 0.15) is 0 Å². The molecule has 0 unspecified atom stereocenters. The summed E-state index contributed by atoms with van der Waals surface area (Å²) in [4.78, 5) is 10.7. The van der Waals surface area contributed by atoms with E-state index in [1.807, 2.05) is 17.0 Å². The Kier molecular flexibility index (Phi) is 8.36. The van der Waals surface area contributed by atoms with E-state index in [4.69, 9.17) is 15.2 Å². The Morgan fingerprint density at radius 2 is 2.19 bits per heavy atom. The molecule has 1 aromatic rings. The van der Waals surface area contributed by atoms with E-state index in [9.17, 15) is 0 Å². The summed E-state index contributed by atoms with van der Waals surface area (Å²) in [6.07, 6.45) is 2.75. The van der Waals surface area contributed by atoms with Gasteiger partial charge in [-0.2, -0.15) is 0 Å². The van der Waals surface area contributed by atoms with Crippen LogP contribution in [-0.4, -0.2) is 48.8 Å². The van der Waals surface area contributed by atoms with E-state index in [0.717, 1.165) is 25.1 Å². The molecule has 0 bridgehead atoms. The molecule has 0 atom stereocenters. The smallest absolute Gasteiger partial charge is 0.213 e. The second-order valence-electron chi connectivity index (χ2n) is 4.63. The number of nitrogens with two attached hydrogens (primary N) is 1. The summed E-state index contributed by atoms with van der Waals surface area (Å²) in [5, 5.41) is 0. The highest BCUT2D eigenvalue weighted by Crippen LogP contribution is 2.09. The van der Waals surface area contributed by atoms with Gasteiger partial charge in [0.15, 0.2) is 5.96 Å². The van der Waals surface area contributed by atoms with Crippen molar-refractivity contribution in [3.8, 4) is 5.88 Å². The summed E-state index contributed by atoms with van der Waals surface area (Å²) in [6, 6.07) is 3.83. The van der Waals surface area contributed by atoms with Gasteiger partial charge in [0.2, 0.25) is 5.88 Å². The van der Waals surface area contributed by atoms with E-state index in [0.29, 0.717) is 38.2 Å². The minimum Gasteiger partial charge on any atom is -0.478 e. The lowest BCUT2D eigenvalue weighted by Crippen LogP contribution is -2.44. The molecule has 0 amide bonds. The summed E-state index contributed by atoms with van der Waals surface area (Å²) >= 11 is 0. The normalized spacial score (nSPS) is 15.5. The molecule has 0 aromatic carbocycles. The first-order valence-corrected chi connectivity index (χ1v) is 7.00. The maximum Gasteiger partial charge on any atom is 0.213 e. The molecule has 1 aliphatic heterocycles. The van der Waals surface area contributed by atoms with Crippen molar-refractivity contribution in [2.45, 2.75) is 19.9 Å². The van der Waals surface area contributed by atoms with Gasteiger partial charge in [-0.15, -0.1) is 24.0 Å². The third-order valence-electron chi connectivity index (χ3n) is 3.01. The molecule has 1 aromatic heterocycles. The number of aromatic nitrogens is 1. The van der Waals surface area contributed by atoms with Gasteiger partial charge in [0, 0.05) is 25.4 Å². The fourth-order valence-corrected chi connectivity index (χ4v) is 1.86. The molecule has 1 fully saturated rings. The zero-order chi connectivity index (χ0) is 14.2. The van der Waals surface area contributed by atoms with Crippen molar-refractivity contribution in [1.82, 2.24) is 9.88 Å². The molecule has 7 heteroatoms. The molecular weight excluding hydrogens is 383 g/mol. The Morgan fingerprint density at radius 3 is 2.81 bits per heavy atom. The van der Waals surface area contributed by atoms with Crippen LogP contribution in [0.4, 0.5) is 0 Å². The third kappa shape index (κ3) is 6.04. The van der Waals surface area contributed by atoms with Crippen LogP contribution in [0.3, 0.4) is 0 Å². The van der Waals surface area contributed by atoms with Crippen molar-refractivity contribution >= 4 is 29.9 Å². The van der Waals surface area contributed by atoms with Crippen LogP contribution in [0.1, 0.15) is 18.9 Å². The Balaban J connectivity index is 0.00000220. The van der Waals surface area contributed by atoms with Gasteiger partial charge in [-0.25, -0.2) is 9.98 Å². The predicted molar refractivity (Wildman–Crippen MR) is 93.2 cm³/mol. The average molecular weight is 406 g/mol. The largest absolute Gasteiger partial charge is 0.478 e. The standard InChI is InChI=1S/C14H22N4O2.HI/c1-2-7-20-13-4-3-12(10-16-13)11-17-14(15)18-5-8-19-9-6-18;/h3-4,10H,2,5-9,11H2,1H3,(H2,15,17);1H. The molecule has 6 nitrogen and oxygen atoms in total. The van der Waals surface area contributed by atoms with Crippen molar-refractivity contribution in [2.75, 3.05) is 32.9 Å². The van der Waals surface area contributed by atoms with Gasteiger partial charge in [-0.3, -0.25) is 0 Å². The summed E-state index contributed by atoms with van der Waals surface area (Å²) < 4.78 is 10.7. The van der Waals surface area contributed by atoms with E-state index in [-0.39, 0.29) is 24.0 Å². The average Bonchev–Trinajstić information content (AvgIpc) is 2.52. The van der Waals surface area contributed by atoms with Gasteiger partial charge < -0.3 is 20.1 Å². The highest BCUT2D eigenvalue weighted by Gasteiger charge is 2.11. The van der Waals surface area contributed by atoms with Crippen molar-refractivity contribution in [1.29, 1.82) is 0 Å². The topological polar surface area (TPSA) is 73.0 Å². The van der Waals surface area contributed by atoms with E-state index in [2.05, 4.69) is 16.9 Å². The monoisotopic (exact) mass is 406 g/mol. The van der Waals surface area contributed by atoms with Crippen molar-refractivity contribution in [3.63, 3.8) is 0 Å². The lowest BCUT2D eigenvalue weighted by Gasteiger charge is -2.27. The Bertz CT molecular complexity index is 433. The predicted octanol–water partition coefficient (Wildman–Crippen LogP) is 1.64. The number of ether oxygens (including phenoxy) is 2. The number of halogens is 1. The molecule has 2 heterocycles. The summed E-state index contributed by atoms with van der Waals surface area (Å²) in [5.74, 6) is 1.22. The van der Waals surface area contributed by atoms with Crippen LogP contribution < -0.4 is 10.5 Å². The number of hydrogen-bond acceptors (Lipinski definition) is 4. The number of nitrogens with zero attached hydrogens (tertiary/aromatic N) is 3. The Hall–Kier alpha value is -1.09. The molecule has 0 spiro atoms. The van der Waals surface area contributed by atoms with Crippen molar-refractivity contribution < 1.29 is 9.47 Å². The van der Waals surface area contributed by atoms with Crippen LogP contribution in [0.15, 0.2) is 23.3 Å². The lowest BCUT2D eigenvalue weighted by atomic mass is 10.3. The lowest BCUT2D eigenvalue weighted by molar-refractivity contribution is 0.0674. The molecule has 2 N–H and O–H groups in total. The number of hydrogen-bond donors (Lipinski definition) is 1. The van der Waals surface area contributed by atoms with Gasteiger partial charge in [-0.1, -0.05) is 13.0 Å². The molecular formula is C14H23IN4O2. The Labute approximate surface area is 142 Å². The highest BCUT2D eigenvalue weighted by molar-refractivity contribution is 14.0. The van der Waals surface area contributed by atoms with Gasteiger partial charge in [0.05, 0.1) is 26.4 Å². The number of aliphatic imine (C=N–C) groups is 1. The highest BCUT2D eigenvalue weighted by atomic mass is 127. The van der Waals surface area contributed by atoms with Crippen molar-refractivity contribution in [2.24, 2.45) is 10.7 Å². The fourth-order valence-electron chi connectivity index (χ4n) is 1.86. The molecule has 0 saturated carbocycles. The second-order valence-corrected chi connectivity index (χ2v) is 4.63. The van der Waals surface area contributed by atoms with Crippen LogP contribution >= 0.6 is 24.0 Å². The molecule has 1 aliphatic rings. The minimum atomic E-state index is 0. The number of morpholine rings is 1. The third-order valence-corrected chi connectivity index (χ3v) is 3.01. The fraction of sp³-hybridized carbons (Fsp3) is 0.571. The zero-order valence-corrected chi connectivity index (χ0v) is 14.7. The van der Waals surface area contributed by atoms with Crippen LogP contribution in [-0.2, 0) is 11.3 Å².